The monoisotopic (exact) mass is 241 g/mol. The van der Waals surface area contributed by atoms with Crippen molar-refractivity contribution in [3.63, 3.8) is 0 Å². The predicted octanol–water partition coefficient (Wildman–Crippen LogP) is 2.18. The number of halogens is 1. The summed E-state index contributed by atoms with van der Waals surface area (Å²) in [5, 5.41) is 0. The Bertz CT molecular complexity index is 649. The molecule has 3 nitrogen and oxygen atoms in total. The van der Waals surface area contributed by atoms with E-state index in [1.165, 1.54) is 24.3 Å². The lowest BCUT2D eigenvalue weighted by molar-refractivity contribution is 0.0979. The number of carbonyl (C=O) groups excluding carboxylic acids is 2. The maximum atomic E-state index is 13.2. The van der Waals surface area contributed by atoms with E-state index in [1.807, 2.05) is 0 Å². The second-order valence-electron chi connectivity index (χ2n) is 4.15. The molecule has 0 aliphatic heterocycles. The lowest BCUT2D eigenvalue weighted by atomic mass is 9.84. The van der Waals surface area contributed by atoms with Crippen LogP contribution in [0.25, 0.3) is 0 Å². The van der Waals surface area contributed by atoms with Crippen molar-refractivity contribution in [2.75, 3.05) is 5.73 Å². The minimum absolute atomic E-state index is 0.0955. The van der Waals surface area contributed by atoms with Gasteiger partial charge < -0.3 is 5.73 Å². The highest BCUT2D eigenvalue weighted by molar-refractivity contribution is 6.28. The largest absolute Gasteiger partial charge is 0.399 e. The van der Waals surface area contributed by atoms with Crippen LogP contribution in [0.2, 0.25) is 0 Å². The van der Waals surface area contributed by atoms with E-state index in [0.29, 0.717) is 11.3 Å². The van der Waals surface area contributed by atoms with E-state index >= 15 is 0 Å². The number of ketones is 2. The Morgan fingerprint density at radius 1 is 0.778 bits per heavy atom. The summed E-state index contributed by atoms with van der Waals surface area (Å²) in [6.45, 7) is 0. The lowest BCUT2D eigenvalue weighted by Crippen LogP contribution is -2.21. The summed E-state index contributed by atoms with van der Waals surface area (Å²) in [7, 11) is 0. The van der Waals surface area contributed by atoms with Gasteiger partial charge in [0.1, 0.15) is 5.82 Å². The third-order valence-corrected chi connectivity index (χ3v) is 3.00. The molecule has 18 heavy (non-hydrogen) atoms. The average Bonchev–Trinajstić information content (AvgIpc) is 2.35. The second-order valence-corrected chi connectivity index (χ2v) is 4.15. The van der Waals surface area contributed by atoms with Crippen molar-refractivity contribution >= 4 is 17.3 Å². The fourth-order valence-electron chi connectivity index (χ4n) is 2.14. The van der Waals surface area contributed by atoms with E-state index in [2.05, 4.69) is 0 Å². The summed E-state index contributed by atoms with van der Waals surface area (Å²) in [4.78, 5) is 24.3. The van der Waals surface area contributed by atoms with Gasteiger partial charge in [0.25, 0.3) is 0 Å². The van der Waals surface area contributed by atoms with E-state index in [9.17, 15) is 14.0 Å². The maximum Gasteiger partial charge on any atom is 0.194 e. The van der Waals surface area contributed by atoms with Gasteiger partial charge in [-0.1, -0.05) is 0 Å². The highest BCUT2D eigenvalue weighted by Gasteiger charge is 2.29. The number of benzene rings is 2. The Hall–Kier alpha value is -2.49. The molecule has 0 amide bonds. The first-order valence-electron chi connectivity index (χ1n) is 5.36. The number of hydrogen-bond donors (Lipinski definition) is 1. The summed E-state index contributed by atoms with van der Waals surface area (Å²) in [6.07, 6.45) is 0. The molecule has 0 fully saturated rings. The first-order valence-corrected chi connectivity index (χ1v) is 5.36. The number of hydrogen-bond acceptors (Lipinski definition) is 3. The van der Waals surface area contributed by atoms with E-state index in [1.54, 1.807) is 6.07 Å². The van der Waals surface area contributed by atoms with Crippen molar-refractivity contribution in [1.29, 1.82) is 0 Å². The molecular formula is C14H8FNO2. The van der Waals surface area contributed by atoms with Gasteiger partial charge in [-0.2, -0.15) is 0 Å². The minimum Gasteiger partial charge on any atom is -0.399 e. The Labute approximate surface area is 102 Å². The van der Waals surface area contributed by atoms with Gasteiger partial charge in [0.15, 0.2) is 11.6 Å². The molecule has 0 saturated heterocycles. The summed E-state index contributed by atoms with van der Waals surface area (Å²) in [6, 6.07) is 8.14. The first-order chi connectivity index (χ1) is 8.58. The van der Waals surface area contributed by atoms with Gasteiger partial charge in [-0.15, -0.1) is 0 Å². The van der Waals surface area contributed by atoms with E-state index < -0.39 is 5.82 Å². The van der Waals surface area contributed by atoms with Crippen LogP contribution in [-0.2, 0) is 0 Å². The van der Waals surface area contributed by atoms with Crippen molar-refractivity contribution in [2.45, 2.75) is 0 Å². The predicted molar refractivity (Wildman–Crippen MR) is 64.1 cm³/mol. The van der Waals surface area contributed by atoms with Crippen LogP contribution >= 0.6 is 0 Å². The fourth-order valence-corrected chi connectivity index (χ4v) is 2.14. The van der Waals surface area contributed by atoms with Gasteiger partial charge in [-0.3, -0.25) is 9.59 Å². The molecule has 0 radical (unpaired) electrons. The second kappa shape index (κ2) is 3.50. The summed E-state index contributed by atoms with van der Waals surface area (Å²) in [5.74, 6) is -1.19. The third kappa shape index (κ3) is 1.35. The van der Waals surface area contributed by atoms with Crippen LogP contribution in [-0.4, -0.2) is 11.6 Å². The van der Waals surface area contributed by atoms with Gasteiger partial charge >= 0.3 is 0 Å². The van der Waals surface area contributed by atoms with Gasteiger partial charge in [-0.05, 0) is 36.4 Å². The molecule has 1 aliphatic carbocycles. The molecule has 0 spiro atoms. The molecule has 0 aromatic heterocycles. The molecule has 88 valence electrons. The third-order valence-electron chi connectivity index (χ3n) is 3.00. The molecule has 0 heterocycles. The molecule has 2 N–H and O–H groups in total. The molecular weight excluding hydrogens is 233 g/mol. The van der Waals surface area contributed by atoms with Gasteiger partial charge in [0.05, 0.1) is 0 Å². The molecule has 0 saturated carbocycles. The molecule has 2 aromatic rings. The summed E-state index contributed by atoms with van der Waals surface area (Å²) >= 11 is 0. The topological polar surface area (TPSA) is 60.2 Å². The minimum atomic E-state index is -0.540. The van der Waals surface area contributed by atoms with Crippen molar-refractivity contribution in [1.82, 2.24) is 0 Å². The molecule has 1 aliphatic rings. The normalized spacial score (nSPS) is 13.2. The van der Waals surface area contributed by atoms with Crippen molar-refractivity contribution in [2.24, 2.45) is 0 Å². The Kier molecular flexibility index (Phi) is 2.07. The molecule has 0 atom stereocenters. The van der Waals surface area contributed by atoms with Crippen LogP contribution in [0.5, 0.6) is 0 Å². The molecule has 4 heteroatoms. The molecule has 0 unspecified atom stereocenters. The van der Waals surface area contributed by atoms with E-state index in [4.69, 9.17) is 5.73 Å². The van der Waals surface area contributed by atoms with Crippen LogP contribution in [0, 0.1) is 5.82 Å². The lowest BCUT2D eigenvalue weighted by Gasteiger charge is -2.17. The first kappa shape index (κ1) is 10.7. The van der Waals surface area contributed by atoms with E-state index in [0.717, 1.165) is 6.07 Å². The highest BCUT2D eigenvalue weighted by Crippen LogP contribution is 2.28. The zero-order valence-electron chi connectivity index (χ0n) is 9.24. The number of nitrogen functional groups attached to an aromatic ring is 1. The quantitative estimate of drug-likeness (QED) is 0.614. The van der Waals surface area contributed by atoms with Crippen LogP contribution in [0.15, 0.2) is 36.4 Å². The van der Waals surface area contributed by atoms with Gasteiger partial charge in [0.2, 0.25) is 0 Å². The highest BCUT2D eigenvalue weighted by atomic mass is 19.1. The fraction of sp³-hybridized carbons (Fsp3) is 0. The number of carbonyl (C=O) groups is 2. The Morgan fingerprint density at radius 2 is 1.33 bits per heavy atom. The summed E-state index contributed by atoms with van der Waals surface area (Å²) in [5.41, 5.74) is 6.88. The van der Waals surface area contributed by atoms with Crippen molar-refractivity contribution < 1.29 is 14.0 Å². The number of anilines is 1. The van der Waals surface area contributed by atoms with Crippen LogP contribution in [0.1, 0.15) is 31.8 Å². The maximum absolute atomic E-state index is 13.2. The smallest absolute Gasteiger partial charge is 0.194 e. The molecule has 3 rings (SSSR count). The Balaban J connectivity index is 2.32. The molecule has 0 bridgehead atoms. The summed E-state index contributed by atoms with van der Waals surface area (Å²) < 4.78 is 13.2. The zero-order valence-corrected chi connectivity index (χ0v) is 9.24. The number of nitrogens with two attached hydrogens (primary N) is 1. The Morgan fingerprint density at radius 3 is 2.06 bits per heavy atom. The number of fused-ring (bicyclic) bond motifs is 2. The zero-order chi connectivity index (χ0) is 12.9. The van der Waals surface area contributed by atoms with Gasteiger partial charge in [-0.25, -0.2) is 4.39 Å². The van der Waals surface area contributed by atoms with Gasteiger partial charge in [0, 0.05) is 27.9 Å². The molecule has 2 aromatic carbocycles. The standard InChI is InChI=1S/C14H8FNO2/c15-7-1-3-9-11(5-7)14(18)12-6-8(16)2-4-10(12)13(9)17/h1-6H,16H2. The average molecular weight is 241 g/mol. The van der Waals surface area contributed by atoms with Crippen LogP contribution < -0.4 is 5.73 Å². The van der Waals surface area contributed by atoms with E-state index in [-0.39, 0.29) is 28.3 Å². The van der Waals surface area contributed by atoms with Crippen LogP contribution in [0.3, 0.4) is 0 Å². The van der Waals surface area contributed by atoms with Crippen molar-refractivity contribution in [3.8, 4) is 0 Å². The number of rotatable bonds is 0. The van der Waals surface area contributed by atoms with Crippen molar-refractivity contribution in [3.05, 3.63) is 64.5 Å². The SMILES string of the molecule is Nc1ccc2c(c1)C(=O)c1cc(F)ccc1C2=O. The van der Waals surface area contributed by atoms with Crippen LogP contribution in [0.4, 0.5) is 10.1 Å².